The Hall–Kier alpha value is -0.843. The first kappa shape index (κ1) is 7.16. The third-order valence-corrected chi connectivity index (χ3v) is 0.643. The van der Waals surface area contributed by atoms with E-state index in [1.807, 2.05) is 0 Å². The van der Waals surface area contributed by atoms with Crippen molar-refractivity contribution in [3.63, 3.8) is 0 Å². The summed E-state index contributed by atoms with van der Waals surface area (Å²) in [5.41, 5.74) is 0. The van der Waals surface area contributed by atoms with Gasteiger partial charge in [-0.25, -0.2) is 0 Å². The molecule has 0 rings (SSSR count). The normalized spacial score (nSPS) is 6.50. The molecule has 44 valence electrons. The summed E-state index contributed by atoms with van der Waals surface area (Å²) in [6.45, 7) is 3.75. The van der Waals surface area contributed by atoms with Gasteiger partial charge in [0, 0.05) is 0 Å². The molecule has 8 heavy (non-hydrogen) atoms. The van der Waals surface area contributed by atoms with Crippen molar-refractivity contribution < 1.29 is 10.0 Å². The molecule has 0 aromatic carbocycles. The number of rotatable bonds is 3. The fourth-order valence-electron chi connectivity index (χ4n) is 0.137. The second-order valence-corrected chi connectivity index (χ2v) is 1.46. The summed E-state index contributed by atoms with van der Waals surface area (Å²) in [4.78, 5) is 10.5. The first-order valence-corrected chi connectivity index (χ1v) is 2.83. The molecule has 0 unspecified atom stereocenters. The SMILES string of the molecule is C=CCON=[Si]=NO. The smallest absolute Gasteiger partial charge is 0.321 e. The van der Waals surface area contributed by atoms with Crippen LogP contribution in [0.5, 0.6) is 0 Å². The highest BCUT2D eigenvalue weighted by atomic mass is 28.2. The van der Waals surface area contributed by atoms with Crippen molar-refractivity contribution in [3.05, 3.63) is 12.7 Å². The van der Waals surface area contributed by atoms with E-state index in [0.717, 1.165) is 0 Å². The summed E-state index contributed by atoms with van der Waals surface area (Å²) < 4.78 is 0. The first-order valence-electron chi connectivity index (χ1n) is 1.93. The van der Waals surface area contributed by atoms with Crippen LogP contribution >= 0.6 is 0 Å². The molecule has 0 amide bonds. The lowest BCUT2D eigenvalue weighted by atomic mass is 10.7. The lowest BCUT2D eigenvalue weighted by molar-refractivity contribution is 0.178. The van der Waals surface area contributed by atoms with Crippen LogP contribution in [0.25, 0.3) is 0 Å². The summed E-state index contributed by atoms with van der Waals surface area (Å²) in [6.07, 6.45) is 1.56. The van der Waals surface area contributed by atoms with Gasteiger partial charge in [-0.15, -0.1) is 0 Å². The second kappa shape index (κ2) is 6.16. The molecule has 1 N–H and O–H groups in total. The Balaban J connectivity index is 3.16. The highest BCUT2D eigenvalue weighted by molar-refractivity contribution is 6.05. The van der Waals surface area contributed by atoms with E-state index < -0.39 is 0 Å². The fourth-order valence-corrected chi connectivity index (χ4v) is 0.306. The van der Waals surface area contributed by atoms with E-state index in [4.69, 9.17) is 5.21 Å². The van der Waals surface area contributed by atoms with Gasteiger partial charge >= 0.3 is 9.10 Å². The molecule has 0 heterocycles. The third-order valence-electron chi connectivity index (χ3n) is 0.342. The van der Waals surface area contributed by atoms with E-state index >= 15 is 0 Å². The van der Waals surface area contributed by atoms with Crippen molar-refractivity contribution in [2.24, 2.45) is 9.59 Å². The van der Waals surface area contributed by atoms with Gasteiger partial charge in [0.25, 0.3) is 0 Å². The molecule has 5 heteroatoms. The third kappa shape index (κ3) is 5.16. The largest absolute Gasteiger partial charge is 0.411 e. The monoisotopic (exact) mass is 130 g/mol. The summed E-state index contributed by atoms with van der Waals surface area (Å²) in [5.74, 6) is 0. The van der Waals surface area contributed by atoms with Crippen LogP contribution in [-0.2, 0) is 4.84 Å². The van der Waals surface area contributed by atoms with Gasteiger partial charge in [0.2, 0.25) is 0 Å². The van der Waals surface area contributed by atoms with Crippen LogP contribution in [0, 0.1) is 0 Å². The molecule has 0 spiro atoms. The van der Waals surface area contributed by atoms with Crippen molar-refractivity contribution in [3.8, 4) is 0 Å². The van der Waals surface area contributed by atoms with E-state index in [2.05, 4.69) is 21.0 Å². The molecule has 0 saturated carbocycles. The van der Waals surface area contributed by atoms with Gasteiger partial charge in [0.05, 0.1) is 0 Å². The zero-order chi connectivity index (χ0) is 6.24. The molecule has 0 aliphatic heterocycles. The van der Waals surface area contributed by atoms with Gasteiger partial charge in [0.15, 0.2) is 0 Å². The maximum atomic E-state index is 7.80. The van der Waals surface area contributed by atoms with Crippen LogP contribution < -0.4 is 0 Å². The lowest BCUT2D eigenvalue weighted by Gasteiger charge is -1.84. The Morgan fingerprint density at radius 3 is 3.12 bits per heavy atom. The predicted octanol–water partition coefficient (Wildman–Crippen LogP) is 0.565. The molecule has 0 aromatic heterocycles. The maximum absolute atomic E-state index is 7.80. The summed E-state index contributed by atoms with van der Waals surface area (Å²) in [6, 6.07) is 0. The number of hydrogen-bond acceptors (Lipinski definition) is 4. The molecular weight excluding hydrogens is 124 g/mol. The number of hydrogen-bond donors (Lipinski definition) is 1. The lowest BCUT2D eigenvalue weighted by Crippen LogP contribution is -1.78. The Morgan fingerprint density at radius 2 is 2.62 bits per heavy atom. The Bertz CT molecular complexity index is 118. The molecule has 0 saturated heterocycles. The highest BCUT2D eigenvalue weighted by Gasteiger charge is 1.66. The summed E-state index contributed by atoms with van der Waals surface area (Å²) in [5, 5.41) is 7.80. The Kier molecular flexibility index (Phi) is 5.51. The zero-order valence-corrected chi connectivity index (χ0v) is 5.24. The average molecular weight is 130 g/mol. The van der Waals surface area contributed by atoms with Crippen LogP contribution in [0.15, 0.2) is 22.2 Å². The molecular formula is C3H6N2O2Si. The van der Waals surface area contributed by atoms with E-state index in [0.29, 0.717) is 6.61 Å². The van der Waals surface area contributed by atoms with E-state index in [9.17, 15) is 0 Å². The molecule has 0 fully saturated rings. The minimum absolute atomic E-state index is 0.240. The van der Waals surface area contributed by atoms with Crippen LogP contribution in [-0.4, -0.2) is 20.9 Å². The molecule has 0 aliphatic carbocycles. The Morgan fingerprint density at radius 1 is 1.88 bits per heavy atom. The molecule has 4 nitrogen and oxygen atoms in total. The molecule has 0 aliphatic rings. The average Bonchev–Trinajstić information content (AvgIpc) is 1.81. The zero-order valence-electron chi connectivity index (χ0n) is 4.24. The highest BCUT2D eigenvalue weighted by Crippen LogP contribution is 1.70. The second-order valence-electron chi connectivity index (χ2n) is 0.876. The first-order chi connectivity index (χ1) is 3.91. The van der Waals surface area contributed by atoms with Gasteiger partial charge in [-0.05, 0) is 0 Å². The topological polar surface area (TPSA) is 54.2 Å². The summed E-state index contributed by atoms with van der Waals surface area (Å²) in [7, 11) is -0.240. The summed E-state index contributed by atoms with van der Waals surface area (Å²) >= 11 is 0. The van der Waals surface area contributed by atoms with Gasteiger partial charge < -0.3 is 10.0 Å². The Labute approximate surface area is 49.0 Å². The van der Waals surface area contributed by atoms with E-state index in [-0.39, 0.29) is 9.10 Å². The minimum Gasteiger partial charge on any atom is -0.411 e. The van der Waals surface area contributed by atoms with Gasteiger partial charge in [-0.1, -0.05) is 22.2 Å². The molecule has 0 aromatic rings. The standard InChI is InChI=1S/C3H6N2O2Si/c1-2-3-7-5-8-4-6/h2,6H,1,3H2. The molecule has 0 radical (unpaired) electrons. The van der Waals surface area contributed by atoms with Crippen LogP contribution in [0.4, 0.5) is 0 Å². The van der Waals surface area contributed by atoms with Crippen LogP contribution in [0.1, 0.15) is 0 Å². The quantitative estimate of drug-likeness (QED) is 0.263. The molecule has 0 atom stereocenters. The van der Waals surface area contributed by atoms with Gasteiger partial charge in [-0.3, -0.25) is 0 Å². The van der Waals surface area contributed by atoms with E-state index in [1.165, 1.54) is 0 Å². The maximum Gasteiger partial charge on any atom is 0.321 e. The molecule has 0 bridgehead atoms. The van der Waals surface area contributed by atoms with Crippen molar-refractivity contribution in [1.82, 2.24) is 0 Å². The predicted molar refractivity (Wildman–Crippen MR) is 28.5 cm³/mol. The van der Waals surface area contributed by atoms with Crippen molar-refractivity contribution in [1.29, 1.82) is 0 Å². The number of nitrogens with zero attached hydrogens (tertiary/aromatic N) is 2. The van der Waals surface area contributed by atoms with E-state index in [1.54, 1.807) is 6.08 Å². The van der Waals surface area contributed by atoms with Crippen LogP contribution in [0.3, 0.4) is 0 Å². The van der Waals surface area contributed by atoms with Crippen molar-refractivity contribution >= 4 is 9.10 Å². The van der Waals surface area contributed by atoms with Crippen LogP contribution in [0.2, 0.25) is 0 Å². The van der Waals surface area contributed by atoms with Crippen molar-refractivity contribution in [2.75, 3.05) is 6.61 Å². The van der Waals surface area contributed by atoms with Crippen molar-refractivity contribution in [2.45, 2.75) is 0 Å². The minimum atomic E-state index is -0.240. The van der Waals surface area contributed by atoms with Gasteiger partial charge in [0.1, 0.15) is 6.61 Å². The van der Waals surface area contributed by atoms with Gasteiger partial charge in [-0.2, -0.15) is 0 Å². The fraction of sp³-hybridized carbons (Fsp3) is 0.333.